The van der Waals surface area contributed by atoms with E-state index in [1.165, 1.54) is 11.3 Å². The lowest BCUT2D eigenvalue weighted by atomic mass is 10.1. The molecule has 0 saturated carbocycles. The summed E-state index contributed by atoms with van der Waals surface area (Å²) in [4.78, 5) is 26.1. The van der Waals surface area contributed by atoms with Crippen molar-refractivity contribution in [2.24, 2.45) is 5.10 Å². The van der Waals surface area contributed by atoms with Gasteiger partial charge in [0.25, 0.3) is 5.91 Å². The lowest BCUT2D eigenvalue weighted by molar-refractivity contribution is -0.122. The molecule has 156 valence electrons. The van der Waals surface area contributed by atoms with Crippen LogP contribution >= 0.6 is 22.9 Å². The van der Waals surface area contributed by atoms with Gasteiger partial charge in [0.2, 0.25) is 0 Å². The highest BCUT2D eigenvalue weighted by molar-refractivity contribution is 7.10. The molecule has 1 aromatic carbocycles. The molecular formula is C21H22ClN5O2S. The van der Waals surface area contributed by atoms with Gasteiger partial charge in [-0.2, -0.15) is 5.10 Å². The van der Waals surface area contributed by atoms with Crippen molar-refractivity contribution in [1.82, 2.24) is 15.6 Å². The maximum absolute atomic E-state index is 12.9. The molecule has 1 heterocycles. The second-order valence-corrected chi connectivity index (χ2v) is 8.09. The number of anilines is 1. The molecule has 30 heavy (non-hydrogen) atoms. The van der Waals surface area contributed by atoms with Crippen LogP contribution < -0.4 is 16.0 Å². The van der Waals surface area contributed by atoms with E-state index in [1.807, 2.05) is 43.8 Å². The zero-order valence-corrected chi connectivity index (χ0v) is 18.1. The van der Waals surface area contributed by atoms with Gasteiger partial charge in [-0.1, -0.05) is 23.7 Å². The van der Waals surface area contributed by atoms with Gasteiger partial charge in [0.15, 0.2) is 0 Å². The highest BCUT2D eigenvalue weighted by Gasteiger charge is 2.24. The van der Waals surface area contributed by atoms with Crippen LogP contribution in [0.5, 0.6) is 0 Å². The van der Waals surface area contributed by atoms with Crippen molar-refractivity contribution in [3.8, 4) is 0 Å². The number of hydrazone groups is 1. The fourth-order valence-electron chi connectivity index (χ4n) is 2.73. The Labute approximate surface area is 184 Å². The van der Waals surface area contributed by atoms with Crippen molar-refractivity contribution in [1.29, 1.82) is 0 Å². The zero-order chi connectivity index (χ0) is 21.5. The molecule has 3 amide bonds. The molecule has 9 heteroatoms. The van der Waals surface area contributed by atoms with Crippen LogP contribution in [-0.2, 0) is 4.79 Å². The van der Waals surface area contributed by atoms with E-state index >= 15 is 0 Å². The van der Waals surface area contributed by atoms with Gasteiger partial charge < -0.3 is 21.0 Å². The first-order valence-electron chi connectivity index (χ1n) is 9.21. The van der Waals surface area contributed by atoms with E-state index in [9.17, 15) is 9.59 Å². The largest absolute Gasteiger partial charge is 0.324 e. The summed E-state index contributed by atoms with van der Waals surface area (Å²) in [6, 6.07) is 9.06. The predicted molar refractivity (Wildman–Crippen MR) is 122 cm³/mol. The van der Waals surface area contributed by atoms with E-state index in [2.05, 4.69) is 21.1 Å². The molecule has 1 aliphatic rings. The molecule has 0 aliphatic heterocycles. The molecule has 1 aliphatic carbocycles. The molecule has 0 saturated heterocycles. The normalized spacial score (nSPS) is 15.3. The predicted octanol–water partition coefficient (Wildman–Crippen LogP) is 4.14. The number of nitrogens with zero attached hydrogens (tertiary/aromatic N) is 2. The van der Waals surface area contributed by atoms with Gasteiger partial charge in [0.05, 0.1) is 5.71 Å². The summed E-state index contributed by atoms with van der Waals surface area (Å²) in [5, 5.41) is 16.8. The Morgan fingerprint density at radius 2 is 1.90 bits per heavy atom. The van der Waals surface area contributed by atoms with Gasteiger partial charge in [-0.3, -0.25) is 4.79 Å². The minimum Gasteiger partial charge on any atom is -0.324 e. The lowest BCUT2D eigenvalue weighted by Gasteiger charge is -2.19. The first kappa shape index (κ1) is 21.6. The van der Waals surface area contributed by atoms with E-state index < -0.39 is 12.1 Å². The molecule has 1 aromatic heterocycles. The number of hydrogen-bond donors (Lipinski definition) is 3. The topological polar surface area (TPSA) is 85.8 Å². The Morgan fingerprint density at radius 3 is 2.50 bits per heavy atom. The number of halogens is 1. The molecule has 0 bridgehead atoms. The molecule has 3 N–H and O–H groups in total. The summed E-state index contributed by atoms with van der Waals surface area (Å²) < 4.78 is 0. The average Bonchev–Trinajstić information content (AvgIpc) is 3.23. The minimum atomic E-state index is -0.830. The highest BCUT2D eigenvalue weighted by atomic mass is 35.5. The number of urea groups is 1. The maximum atomic E-state index is 12.9. The van der Waals surface area contributed by atoms with E-state index in [1.54, 1.807) is 35.4 Å². The Kier molecular flexibility index (Phi) is 7.26. The molecule has 7 nitrogen and oxygen atoms in total. The Balaban J connectivity index is 1.66. The first-order chi connectivity index (χ1) is 14.4. The van der Waals surface area contributed by atoms with E-state index in [4.69, 9.17) is 11.6 Å². The van der Waals surface area contributed by atoms with Crippen LogP contribution in [0.2, 0.25) is 5.02 Å². The molecule has 2 aromatic rings. The lowest BCUT2D eigenvalue weighted by Crippen LogP contribution is -2.41. The summed E-state index contributed by atoms with van der Waals surface area (Å²) in [5.74, 6) is -0.326. The van der Waals surface area contributed by atoms with Crippen LogP contribution in [0.25, 0.3) is 0 Å². The SMILES string of the molecule is CN(C)N=C1C=CC(NC(=O)C(NC(=O)Nc2ccc(Cl)cc2)c2cccs2)=CC1. The van der Waals surface area contributed by atoms with Crippen LogP contribution in [0.1, 0.15) is 17.3 Å². The Morgan fingerprint density at radius 1 is 1.13 bits per heavy atom. The van der Waals surface area contributed by atoms with Crippen LogP contribution in [-0.4, -0.2) is 36.8 Å². The number of allylic oxidation sites excluding steroid dienone is 3. The fraction of sp³-hybridized carbons (Fsp3) is 0.190. The second kappa shape index (κ2) is 10.1. The van der Waals surface area contributed by atoms with Crippen LogP contribution in [0.15, 0.2) is 70.8 Å². The third kappa shape index (κ3) is 6.20. The summed E-state index contributed by atoms with van der Waals surface area (Å²) in [6.07, 6.45) is 6.15. The molecule has 3 rings (SSSR count). The molecule has 0 radical (unpaired) electrons. The Bertz CT molecular complexity index is 981. The van der Waals surface area contributed by atoms with Gasteiger partial charge >= 0.3 is 6.03 Å². The summed E-state index contributed by atoms with van der Waals surface area (Å²) in [7, 11) is 3.71. The van der Waals surface area contributed by atoms with Gasteiger partial charge in [-0.05, 0) is 47.9 Å². The maximum Gasteiger partial charge on any atom is 0.320 e. The van der Waals surface area contributed by atoms with Crippen molar-refractivity contribution in [2.45, 2.75) is 12.5 Å². The van der Waals surface area contributed by atoms with Crippen LogP contribution in [0.4, 0.5) is 10.5 Å². The molecular weight excluding hydrogens is 422 g/mol. The van der Waals surface area contributed by atoms with Crippen molar-refractivity contribution in [3.05, 3.63) is 75.6 Å². The van der Waals surface area contributed by atoms with E-state index in [0.717, 1.165) is 10.6 Å². The van der Waals surface area contributed by atoms with Gasteiger partial charge in [-0.25, -0.2) is 4.79 Å². The molecule has 0 fully saturated rings. The summed E-state index contributed by atoms with van der Waals surface area (Å²) in [5.41, 5.74) is 2.14. The minimum absolute atomic E-state index is 0.326. The monoisotopic (exact) mass is 443 g/mol. The first-order valence-corrected chi connectivity index (χ1v) is 10.5. The number of carbonyl (C=O) groups is 2. The van der Waals surface area contributed by atoms with Crippen molar-refractivity contribution >= 4 is 46.3 Å². The number of benzene rings is 1. The number of carbonyl (C=O) groups excluding carboxylic acids is 2. The summed E-state index contributed by atoms with van der Waals surface area (Å²) in [6.45, 7) is 0. The van der Waals surface area contributed by atoms with Crippen LogP contribution in [0.3, 0.4) is 0 Å². The van der Waals surface area contributed by atoms with E-state index in [-0.39, 0.29) is 5.91 Å². The van der Waals surface area contributed by atoms with Crippen molar-refractivity contribution in [3.63, 3.8) is 0 Å². The zero-order valence-electron chi connectivity index (χ0n) is 16.6. The van der Waals surface area contributed by atoms with Gasteiger partial charge in [0.1, 0.15) is 6.04 Å². The standard InChI is InChI=1S/C21H22ClN5O2S/c1-27(2)26-17-11-9-15(10-12-17)23-20(28)19(18-4-3-13-30-18)25-21(29)24-16-7-5-14(22)6-8-16/h3-11,13,19H,12H2,1-2H3,(H,23,28)(H2,24,25,29). The molecule has 1 atom stereocenters. The number of rotatable bonds is 6. The molecule has 0 spiro atoms. The van der Waals surface area contributed by atoms with E-state index in [0.29, 0.717) is 22.8 Å². The number of thiophene rings is 1. The van der Waals surface area contributed by atoms with Crippen LogP contribution in [0, 0.1) is 0 Å². The quantitative estimate of drug-likeness (QED) is 0.586. The van der Waals surface area contributed by atoms with Gasteiger partial charge in [0, 0.05) is 41.8 Å². The smallest absolute Gasteiger partial charge is 0.320 e. The third-order valence-corrected chi connectivity index (χ3v) is 5.24. The summed E-state index contributed by atoms with van der Waals surface area (Å²) >= 11 is 7.26. The molecule has 1 unspecified atom stereocenters. The highest BCUT2D eigenvalue weighted by Crippen LogP contribution is 2.21. The second-order valence-electron chi connectivity index (χ2n) is 6.68. The number of amides is 3. The third-order valence-electron chi connectivity index (χ3n) is 4.05. The fourth-order valence-corrected chi connectivity index (χ4v) is 3.63. The van der Waals surface area contributed by atoms with Gasteiger partial charge in [-0.15, -0.1) is 11.3 Å². The number of nitrogens with one attached hydrogen (secondary N) is 3. The van der Waals surface area contributed by atoms with Crippen molar-refractivity contribution < 1.29 is 9.59 Å². The van der Waals surface area contributed by atoms with Crippen molar-refractivity contribution in [2.75, 3.05) is 19.4 Å². The Hall–Kier alpha value is -3.10. The number of hydrogen-bond acceptors (Lipinski definition) is 5. The average molecular weight is 444 g/mol.